The average Bonchev–Trinajstić information content (AvgIpc) is 2.49. The minimum Gasteiger partial charge on any atom is -0.294 e. The van der Waals surface area contributed by atoms with Crippen molar-refractivity contribution >= 4 is 32.5 Å². The third-order valence-corrected chi connectivity index (χ3v) is 3.90. The van der Waals surface area contributed by atoms with Crippen molar-refractivity contribution in [3.8, 4) is 0 Å². The van der Waals surface area contributed by atoms with Crippen LogP contribution < -0.4 is 0 Å². The molecule has 2 heteroatoms. The lowest BCUT2D eigenvalue weighted by molar-refractivity contribution is 0.0994. The van der Waals surface area contributed by atoms with Crippen molar-refractivity contribution in [2.45, 2.75) is 6.42 Å². The first kappa shape index (κ1) is 13.1. The summed E-state index contributed by atoms with van der Waals surface area (Å²) in [5, 5.41) is 2.13. The summed E-state index contributed by atoms with van der Waals surface area (Å²) in [5.74, 6) is 0.157. The van der Waals surface area contributed by atoms with E-state index in [0.717, 1.165) is 26.4 Å². The molecule has 0 fully saturated rings. The summed E-state index contributed by atoms with van der Waals surface area (Å²) >= 11 is 3.40. The first-order chi connectivity index (χ1) is 9.74. The maximum Gasteiger partial charge on any atom is 0.167 e. The van der Waals surface area contributed by atoms with E-state index in [2.05, 4.69) is 15.9 Å². The molecule has 0 spiro atoms. The van der Waals surface area contributed by atoms with Gasteiger partial charge in [-0.25, -0.2) is 0 Å². The molecule has 0 aliphatic rings. The molecule has 0 bridgehead atoms. The van der Waals surface area contributed by atoms with Crippen molar-refractivity contribution < 1.29 is 4.79 Å². The fraction of sp³-hybridized carbons (Fsp3) is 0.0556. The summed E-state index contributed by atoms with van der Waals surface area (Å²) in [7, 11) is 0. The topological polar surface area (TPSA) is 17.1 Å². The van der Waals surface area contributed by atoms with Crippen molar-refractivity contribution in [2.75, 3.05) is 0 Å². The number of hydrogen-bond acceptors (Lipinski definition) is 1. The molecule has 3 rings (SSSR count). The summed E-state index contributed by atoms with van der Waals surface area (Å²) < 4.78 is 1.03. The van der Waals surface area contributed by atoms with Crippen LogP contribution in [-0.4, -0.2) is 5.78 Å². The Hall–Kier alpha value is -1.93. The van der Waals surface area contributed by atoms with Crippen LogP contribution >= 0.6 is 15.9 Å². The zero-order valence-corrected chi connectivity index (χ0v) is 12.4. The van der Waals surface area contributed by atoms with Crippen LogP contribution in [0.3, 0.4) is 0 Å². The molecule has 0 saturated heterocycles. The zero-order valence-electron chi connectivity index (χ0n) is 10.8. The minimum absolute atomic E-state index is 0.157. The number of hydrogen-bond donors (Lipinski definition) is 0. The SMILES string of the molecule is O=C(Cc1ccc(Br)cc1)c1cccc2ccccc12. The van der Waals surface area contributed by atoms with Gasteiger partial charge in [-0.3, -0.25) is 4.79 Å². The molecule has 0 aliphatic carbocycles. The van der Waals surface area contributed by atoms with Crippen LogP contribution in [-0.2, 0) is 6.42 Å². The van der Waals surface area contributed by atoms with Crippen molar-refractivity contribution in [3.63, 3.8) is 0 Å². The third kappa shape index (κ3) is 2.66. The highest BCUT2D eigenvalue weighted by Crippen LogP contribution is 2.20. The first-order valence-electron chi connectivity index (χ1n) is 6.49. The Kier molecular flexibility index (Phi) is 3.66. The molecule has 3 aromatic carbocycles. The number of carbonyl (C=O) groups excluding carboxylic acids is 1. The van der Waals surface area contributed by atoms with Gasteiger partial charge in [0.05, 0.1) is 0 Å². The molecule has 0 atom stereocenters. The number of benzene rings is 3. The number of fused-ring (bicyclic) bond motifs is 1. The zero-order chi connectivity index (χ0) is 13.9. The monoisotopic (exact) mass is 324 g/mol. The van der Waals surface area contributed by atoms with Gasteiger partial charge in [0.2, 0.25) is 0 Å². The second-order valence-corrected chi connectivity index (χ2v) is 5.67. The minimum atomic E-state index is 0.157. The number of Topliss-reactive ketones (excluding diaryl/α,β-unsaturated/α-hetero) is 1. The quantitative estimate of drug-likeness (QED) is 0.618. The molecule has 1 nitrogen and oxygen atoms in total. The van der Waals surface area contributed by atoms with Crippen LogP contribution in [0.25, 0.3) is 10.8 Å². The van der Waals surface area contributed by atoms with Gasteiger partial charge in [0, 0.05) is 16.5 Å². The first-order valence-corrected chi connectivity index (χ1v) is 7.29. The molecule has 0 amide bonds. The molecular weight excluding hydrogens is 312 g/mol. The highest BCUT2D eigenvalue weighted by molar-refractivity contribution is 9.10. The summed E-state index contributed by atoms with van der Waals surface area (Å²) in [6.07, 6.45) is 0.432. The number of rotatable bonds is 3. The van der Waals surface area contributed by atoms with Gasteiger partial charge >= 0.3 is 0 Å². The second kappa shape index (κ2) is 5.59. The second-order valence-electron chi connectivity index (χ2n) is 4.75. The van der Waals surface area contributed by atoms with Gasteiger partial charge < -0.3 is 0 Å². The number of carbonyl (C=O) groups is 1. The predicted molar refractivity (Wildman–Crippen MR) is 86.1 cm³/mol. The van der Waals surface area contributed by atoms with E-state index in [1.807, 2.05) is 66.7 Å². The fourth-order valence-electron chi connectivity index (χ4n) is 2.35. The number of halogens is 1. The third-order valence-electron chi connectivity index (χ3n) is 3.37. The molecule has 0 N–H and O–H groups in total. The van der Waals surface area contributed by atoms with Crippen molar-refractivity contribution in [2.24, 2.45) is 0 Å². The Morgan fingerprint density at radius 3 is 2.35 bits per heavy atom. The van der Waals surface area contributed by atoms with Crippen molar-refractivity contribution in [1.82, 2.24) is 0 Å². The summed E-state index contributed by atoms with van der Waals surface area (Å²) in [5.41, 5.74) is 1.83. The molecular formula is C18H13BrO. The van der Waals surface area contributed by atoms with Gasteiger partial charge in [-0.2, -0.15) is 0 Å². The Labute approximate surface area is 126 Å². The summed E-state index contributed by atoms with van der Waals surface area (Å²) in [6, 6.07) is 21.8. The van der Waals surface area contributed by atoms with E-state index in [4.69, 9.17) is 0 Å². The molecule has 0 unspecified atom stereocenters. The fourth-order valence-corrected chi connectivity index (χ4v) is 2.62. The van der Waals surface area contributed by atoms with Gasteiger partial charge in [0.15, 0.2) is 5.78 Å². The van der Waals surface area contributed by atoms with E-state index in [1.165, 1.54) is 0 Å². The van der Waals surface area contributed by atoms with E-state index >= 15 is 0 Å². The normalized spacial score (nSPS) is 10.7. The van der Waals surface area contributed by atoms with Crippen molar-refractivity contribution in [3.05, 3.63) is 82.3 Å². The summed E-state index contributed by atoms with van der Waals surface area (Å²) in [6.45, 7) is 0. The Bertz CT molecular complexity index is 754. The van der Waals surface area contributed by atoms with Crippen LogP contribution in [0.4, 0.5) is 0 Å². The van der Waals surface area contributed by atoms with Crippen LogP contribution in [0.5, 0.6) is 0 Å². The van der Waals surface area contributed by atoms with Crippen molar-refractivity contribution in [1.29, 1.82) is 0 Å². The average molecular weight is 325 g/mol. The molecule has 98 valence electrons. The smallest absolute Gasteiger partial charge is 0.167 e. The Morgan fingerprint density at radius 2 is 1.55 bits per heavy atom. The van der Waals surface area contributed by atoms with Crippen LogP contribution in [0.2, 0.25) is 0 Å². The van der Waals surface area contributed by atoms with Gasteiger partial charge in [0.1, 0.15) is 0 Å². The van der Waals surface area contributed by atoms with E-state index in [-0.39, 0.29) is 5.78 Å². The van der Waals surface area contributed by atoms with Gasteiger partial charge in [0.25, 0.3) is 0 Å². The molecule has 0 aliphatic heterocycles. The van der Waals surface area contributed by atoms with E-state index in [0.29, 0.717) is 6.42 Å². The Balaban J connectivity index is 1.94. The van der Waals surface area contributed by atoms with Gasteiger partial charge in [-0.15, -0.1) is 0 Å². The maximum absolute atomic E-state index is 12.5. The van der Waals surface area contributed by atoms with Crippen LogP contribution in [0.1, 0.15) is 15.9 Å². The Morgan fingerprint density at radius 1 is 0.850 bits per heavy atom. The highest BCUT2D eigenvalue weighted by atomic mass is 79.9. The van der Waals surface area contributed by atoms with Gasteiger partial charge in [-0.05, 0) is 28.5 Å². The lowest BCUT2D eigenvalue weighted by Crippen LogP contribution is -2.04. The highest BCUT2D eigenvalue weighted by Gasteiger charge is 2.10. The lowest BCUT2D eigenvalue weighted by Gasteiger charge is -2.06. The van der Waals surface area contributed by atoms with E-state index in [1.54, 1.807) is 0 Å². The molecule has 0 radical (unpaired) electrons. The van der Waals surface area contributed by atoms with Crippen LogP contribution in [0, 0.1) is 0 Å². The standard InChI is InChI=1S/C18H13BrO/c19-15-10-8-13(9-11-15)12-18(20)17-7-3-5-14-4-1-2-6-16(14)17/h1-11H,12H2. The molecule has 0 heterocycles. The van der Waals surface area contributed by atoms with Gasteiger partial charge in [-0.1, -0.05) is 70.5 Å². The molecule has 20 heavy (non-hydrogen) atoms. The van der Waals surface area contributed by atoms with E-state index < -0.39 is 0 Å². The summed E-state index contributed by atoms with van der Waals surface area (Å²) in [4.78, 5) is 12.5. The molecule has 0 saturated carbocycles. The number of ketones is 1. The molecule has 3 aromatic rings. The largest absolute Gasteiger partial charge is 0.294 e. The lowest BCUT2D eigenvalue weighted by atomic mass is 9.97. The predicted octanol–water partition coefficient (Wildman–Crippen LogP) is 5.03. The van der Waals surface area contributed by atoms with Crippen LogP contribution in [0.15, 0.2) is 71.2 Å². The molecule has 0 aromatic heterocycles. The maximum atomic E-state index is 12.5. The van der Waals surface area contributed by atoms with E-state index in [9.17, 15) is 4.79 Å².